The van der Waals surface area contributed by atoms with Crippen LogP contribution in [-0.4, -0.2) is 17.6 Å². The van der Waals surface area contributed by atoms with Gasteiger partial charge < -0.3 is 5.32 Å². The number of thiophene rings is 1. The molecular weight excluding hydrogens is 264 g/mol. The van der Waals surface area contributed by atoms with Crippen molar-refractivity contribution in [3.8, 4) is 0 Å². The first-order valence-corrected chi connectivity index (χ1v) is 8.35. The molecule has 0 amide bonds. The maximum absolute atomic E-state index is 4.11. The summed E-state index contributed by atoms with van der Waals surface area (Å²) in [6, 6.07) is 9.19. The Morgan fingerprint density at radius 1 is 1.25 bits per heavy atom. The minimum atomic E-state index is 0.529. The first-order valence-electron chi connectivity index (χ1n) is 7.47. The molecule has 0 aliphatic heterocycles. The van der Waals surface area contributed by atoms with Crippen LogP contribution >= 0.6 is 11.3 Å². The molecule has 0 saturated heterocycles. The number of nitrogens with zero attached hydrogens (tertiary/aromatic N) is 1. The summed E-state index contributed by atoms with van der Waals surface area (Å²) in [4.78, 5) is 5.61. The van der Waals surface area contributed by atoms with Crippen molar-refractivity contribution in [1.29, 1.82) is 0 Å². The Morgan fingerprint density at radius 2 is 2.05 bits per heavy atom. The number of hydrogen-bond acceptors (Lipinski definition) is 3. The lowest BCUT2D eigenvalue weighted by molar-refractivity contribution is 0.423. The monoisotopic (exact) mass is 288 g/mol. The molecule has 2 aromatic rings. The van der Waals surface area contributed by atoms with Crippen LogP contribution in [0.1, 0.15) is 43.0 Å². The Labute approximate surface area is 126 Å². The zero-order chi connectivity index (χ0) is 14.2. The number of rotatable bonds is 8. The fourth-order valence-corrected chi connectivity index (χ4v) is 3.39. The normalized spacial score (nSPS) is 14.1. The fraction of sp³-hybridized carbons (Fsp3) is 0.471. The molecule has 0 aliphatic rings. The molecule has 0 radical (unpaired) electrons. The predicted octanol–water partition coefficient (Wildman–Crippen LogP) is 4.25. The van der Waals surface area contributed by atoms with Crippen LogP contribution < -0.4 is 5.32 Å². The van der Waals surface area contributed by atoms with Gasteiger partial charge in [0.05, 0.1) is 0 Å². The average molecular weight is 288 g/mol. The lowest BCUT2D eigenvalue weighted by atomic mass is 9.90. The molecule has 0 spiro atoms. The van der Waals surface area contributed by atoms with Gasteiger partial charge in [-0.05, 0) is 60.9 Å². The van der Waals surface area contributed by atoms with Gasteiger partial charge >= 0.3 is 0 Å². The fourth-order valence-electron chi connectivity index (χ4n) is 2.64. The first kappa shape index (κ1) is 15.2. The molecular formula is C17H24N2S. The Kier molecular flexibility index (Phi) is 6.22. The van der Waals surface area contributed by atoms with Gasteiger partial charge in [0.15, 0.2) is 0 Å². The molecule has 0 bridgehead atoms. The molecule has 2 nitrogen and oxygen atoms in total. The lowest BCUT2D eigenvalue weighted by Crippen LogP contribution is -2.33. The summed E-state index contributed by atoms with van der Waals surface area (Å²) in [7, 11) is 0. The summed E-state index contributed by atoms with van der Waals surface area (Å²) in [6.07, 6.45) is 7.44. The molecule has 2 rings (SSSR count). The molecule has 2 aromatic heterocycles. The molecule has 2 atom stereocenters. The molecule has 3 heteroatoms. The zero-order valence-corrected chi connectivity index (χ0v) is 13.2. The SMILES string of the molecule is CCNC(CCCc1cccs1)C(C)c1ccncc1. The van der Waals surface area contributed by atoms with Crippen molar-refractivity contribution in [1.82, 2.24) is 10.3 Å². The van der Waals surface area contributed by atoms with Crippen molar-refractivity contribution in [2.75, 3.05) is 6.54 Å². The number of aromatic nitrogens is 1. The van der Waals surface area contributed by atoms with Gasteiger partial charge in [-0.15, -0.1) is 11.3 Å². The van der Waals surface area contributed by atoms with Crippen LogP contribution in [0.2, 0.25) is 0 Å². The van der Waals surface area contributed by atoms with Crippen LogP contribution in [0.4, 0.5) is 0 Å². The topological polar surface area (TPSA) is 24.9 Å². The van der Waals surface area contributed by atoms with Gasteiger partial charge in [-0.3, -0.25) is 4.98 Å². The van der Waals surface area contributed by atoms with E-state index in [1.54, 1.807) is 0 Å². The van der Waals surface area contributed by atoms with E-state index in [9.17, 15) is 0 Å². The van der Waals surface area contributed by atoms with E-state index in [0.717, 1.165) is 6.54 Å². The first-order chi connectivity index (χ1) is 9.81. The predicted molar refractivity (Wildman–Crippen MR) is 87.4 cm³/mol. The second kappa shape index (κ2) is 8.18. The molecule has 2 heterocycles. The standard InChI is InChI=1S/C17H24N2S/c1-3-19-17(8-4-6-16-7-5-13-20-16)14(2)15-9-11-18-12-10-15/h5,7,9-14,17,19H,3-4,6,8H2,1-2H3. The van der Waals surface area contributed by atoms with Crippen molar-refractivity contribution in [2.24, 2.45) is 0 Å². The highest BCUT2D eigenvalue weighted by molar-refractivity contribution is 7.09. The van der Waals surface area contributed by atoms with Gasteiger partial charge in [-0.25, -0.2) is 0 Å². The number of nitrogens with one attached hydrogen (secondary N) is 1. The van der Waals surface area contributed by atoms with Gasteiger partial charge in [0.2, 0.25) is 0 Å². The highest BCUT2D eigenvalue weighted by Gasteiger charge is 2.17. The van der Waals surface area contributed by atoms with E-state index >= 15 is 0 Å². The van der Waals surface area contributed by atoms with Crippen LogP contribution in [0.25, 0.3) is 0 Å². The van der Waals surface area contributed by atoms with Crippen LogP contribution in [0.15, 0.2) is 42.0 Å². The maximum atomic E-state index is 4.11. The molecule has 108 valence electrons. The van der Waals surface area contributed by atoms with Gasteiger partial charge in [-0.1, -0.05) is 19.9 Å². The van der Waals surface area contributed by atoms with Crippen molar-refractivity contribution in [3.63, 3.8) is 0 Å². The molecule has 20 heavy (non-hydrogen) atoms. The third-order valence-corrected chi connectivity index (χ3v) is 4.76. The average Bonchev–Trinajstić information content (AvgIpc) is 3.00. The third kappa shape index (κ3) is 4.43. The number of pyridine rings is 1. The Bertz CT molecular complexity index is 467. The minimum absolute atomic E-state index is 0.529. The van der Waals surface area contributed by atoms with Gasteiger partial charge in [0.1, 0.15) is 0 Å². The van der Waals surface area contributed by atoms with Gasteiger partial charge in [0.25, 0.3) is 0 Å². The van der Waals surface area contributed by atoms with Crippen LogP contribution in [0.3, 0.4) is 0 Å². The quantitative estimate of drug-likeness (QED) is 0.785. The highest BCUT2D eigenvalue weighted by atomic mass is 32.1. The molecule has 0 aromatic carbocycles. The maximum Gasteiger partial charge on any atom is 0.0270 e. The Balaban J connectivity index is 1.89. The van der Waals surface area contributed by atoms with Crippen molar-refractivity contribution < 1.29 is 0 Å². The molecule has 1 N–H and O–H groups in total. The van der Waals surface area contributed by atoms with E-state index in [1.165, 1.54) is 29.7 Å². The summed E-state index contributed by atoms with van der Waals surface area (Å²) < 4.78 is 0. The van der Waals surface area contributed by atoms with E-state index in [4.69, 9.17) is 0 Å². The second-order valence-corrected chi connectivity index (χ2v) is 6.24. The van der Waals surface area contributed by atoms with E-state index in [-0.39, 0.29) is 0 Å². The number of likely N-dealkylation sites (N-methyl/N-ethyl adjacent to an activating group) is 1. The summed E-state index contributed by atoms with van der Waals surface area (Å²) in [5, 5.41) is 5.81. The zero-order valence-electron chi connectivity index (χ0n) is 12.4. The Morgan fingerprint density at radius 3 is 2.70 bits per heavy atom. The van der Waals surface area contributed by atoms with E-state index in [1.807, 2.05) is 23.7 Å². The summed E-state index contributed by atoms with van der Waals surface area (Å²) in [5.74, 6) is 0.529. The summed E-state index contributed by atoms with van der Waals surface area (Å²) >= 11 is 1.86. The van der Waals surface area contributed by atoms with Crippen LogP contribution in [0, 0.1) is 0 Å². The second-order valence-electron chi connectivity index (χ2n) is 5.20. The molecule has 2 unspecified atom stereocenters. The highest BCUT2D eigenvalue weighted by Crippen LogP contribution is 2.22. The van der Waals surface area contributed by atoms with Crippen LogP contribution in [0.5, 0.6) is 0 Å². The van der Waals surface area contributed by atoms with Crippen LogP contribution in [-0.2, 0) is 6.42 Å². The Hall–Kier alpha value is -1.19. The third-order valence-electron chi connectivity index (χ3n) is 3.82. The van der Waals surface area contributed by atoms with Crippen molar-refractivity contribution in [3.05, 3.63) is 52.5 Å². The molecule has 0 fully saturated rings. The largest absolute Gasteiger partial charge is 0.314 e. The molecule has 0 aliphatic carbocycles. The number of hydrogen-bond donors (Lipinski definition) is 1. The smallest absolute Gasteiger partial charge is 0.0270 e. The summed E-state index contributed by atoms with van der Waals surface area (Å²) in [6.45, 7) is 5.53. The van der Waals surface area contributed by atoms with E-state index < -0.39 is 0 Å². The number of aryl methyl sites for hydroxylation is 1. The van der Waals surface area contributed by atoms with Gasteiger partial charge in [-0.2, -0.15) is 0 Å². The van der Waals surface area contributed by atoms with E-state index in [2.05, 4.69) is 53.8 Å². The van der Waals surface area contributed by atoms with Gasteiger partial charge in [0, 0.05) is 23.3 Å². The van der Waals surface area contributed by atoms with Crippen molar-refractivity contribution in [2.45, 2.75) is 45.1 Å². The van der Waals surface area contributed by atoms with E-state index in [0.29, 0.717) is 12.0 Å². The molecule has 0 saturated carbocycles. The minimum Gasteiger partial charge on any atom is -0.314 e. The summed E-state index contributed by atoms with van der Waals surface area (Å²) in [5.41, 5.74) is 1.38. The van der Waals surface area contributed by atoms with Crippen molar-refractivity contribution >= 4 is 11.3 Å². The lowest BCUT2D eigenvalue weighted by Gasteiger charge is -2.25.